The minimum absolute atomic E-state index is 0.318. The quantitative estimate of drug-likeness (QED) is 0.614. The molecule has 2 heterocycles. The highest BCUT2D eigenvalue weighted by atomic mass is 35.5. The van der Waals surface area contributed by atoms with Crippen LogP contribution in [0.4, 0.5) is 13.2 Å². The number of hydrogen-bond donors (Lipinski definition) is 0. The zero-order chi connectivity index (χ0) is 24.8. The number of halogens is 4. The zero-order valence-corrected chi connectivity index (χ0v) is 19.6. The van der Waals surface area contributed by atoms with E-state index >= 15 is 0 Å². The number of nitrogens with zero attached hydrogens (tertiary/aromatic N) is 3. The van der Waals surface area contributed by atoms with Crippen molar-refractivity contribution in [3.63, 3.8) is 0 Å². The predicted molar refractivity (Wildman–Crippen MR) is 121 cm³/mol. The van der Waals surface area contributed by atoms with Gasteiger partial charge in [0.05, 0.1) is 12.4 Å². The van der Waals surface area contributed by atoms with E-state index in [4.69, 9.17) is 16.4 Å². The molecule has 0 N–H and O–H groups in total. The molecule has 0 aromatic heterocycles. The van der Waals surface area contributed by atoms with Crippen molar-refractivity contribution in [2.75, 3.05) is 19.8 Å². The Morgan fingerprint density at radius 1 is 1.21 bits per heavy atom. The summed E-state index contributed by atoms with van der Waals surface area (Å²) < 4.78 is 38.0. The summed E-state index contributed by atoms with van der Waals surface area (Å²) in [5.41, 5.74) is 3.64. The number of carbonyl (C=O) groups is 2. The van der Waals surface area contributed by atoms with Gasteiger partial charge in [0.2, 0.25) is 5.91 Å². The first-order chi connectivity index (χ1) is 15.8. The average molecular weight is 494 g/mol. The van der Waals surface area contributed by atoms with Gasteiger partial charge in [-0.05, 0) is 67.3 Å². The number of benzene rings is 2. The first kappa shape index (κ1) is 24.1. The summed E-state index contributed by atoms with van der Waals surface area (Å²) in [6, 6.07) is 10.8. The summed E-state index contributed by atoms with van der Waals surface area (Å²) in [5.74, 6) is -1.22. The average Bonchev–Trinajstić information content (AvgIpc) is 3.29. The summed E-state index contributed by atoms with van der Waals surface area (Å²) in [7, 11) is 0. The number of carbonyl (C=O) groups excluding carboxylic acids is 2. The van der Waals surface area contributed by atoms with E-state index in [9.17, 15) is 22.8 Å². The molecular formula is C24H23ClF3N3O3. The zero-order valence-electron chi connectivity index (χ0n) is 18.9. The molecule has 1 unspecified atom stereocenters. The van der Waals surface area contributed by atoms with Gasteiger partial charge < -0.3 is 14.6 Å². The van der Waals surface area contributed by atoms with Crippen molar-refractivity contribution in [3.8, 4) is 0 Å². The fourth-order valence-corrected chi connectivity index (χ4v) is 4.52. The Labute approximate surface area is 199 Å². The Bertz CT molecular complexity index is 1180. The lowest BCUT2D eigenvalue weighted by atomic mass is 9.88. The molecule has 2 aliphatic rings. The van der Waals surface area contributed by atoms with E-state index in [0.717, 1.165) is 21.6 Å². The second kappa shape index (κ2) is 8.61. The maximum absolute atomic E-state index is 12.9. The number of alkyl halides is 3. The molecule has 34 heavy (non-hydrogen) atoms. The molecule has 0 saturated carbocycles. The minimum Gasteiger partial charge on any atom is -0.384 e. The van der Waals surface area contributed by atoms with Crippen molar-refractivity contribution in [1.82, 2.24) is 9.80 Å². The smallest absolute Gasteiger partial charge is 0.384 e. The number of amides is 2. The molecule has 1 atom stereocenters. The van der Waals surface area contributed by atoms with Crippen LogP contribution in [-0.4, -0.2) is 53.3 Å². The molecule has 0 spiro atoms. The third kappa shape index (κ3) is 4.89. The van der Waals surface area contributed by atoms with Crippen LogP contribution >= 0.6 is 11.6 Å². The maximum atomic E-state index is 12.9. The third-order valence-corrected chi connectivity index (χ3v) is 6.20. The van der Waals surface area contributed by atoms with Crippen LogP contribution in [0.1, 0.15) is 46.0 Å². The first-order valence-corrected chi connectivity index (χ1v) is 11.0. The molecule has 2 aromatic carbocycles. The number of aryl methyl sites for hydroxylation is 2. The molecule has 2 aromatic rings. The van der Waals surface area contributed by atoms with Crippen LogP contribution in [0.15, 0.2) is 41.6 Å². The number of oxime groups is 1. The van der Waals surface area contributed by atoms with Crippen LogP contribution in [-0.2, 0) is 15.2 Å². The van der Waals surface area contributed by atoms with Gasteiger partial charge >= 0.3 is 6.18 Å². The molecule has 0 bridgehead atoms. The molecule has 6 nitrogen and oxygen atoms in total. The molecule has 4 rings (SSSR count). The fraction of sp³-hybridized carbons (Fsp3) is 0.375. The summed E-state index contributed by atoms with van der Waals surface area (Å²) in [6.45, 7) is 3.46. The van der Waals surface area contributed by atoms with Crippen molar-refractivity contribution in [2.24, 2.45) is 5.16 Å². The van der Waals surface area contributed by atoms with Gasteiger partial charge in [0, 0.05) is 17.0 Å². The van der Waals surface area contributed by atoms with E-state index < -0.39 is 36.8 Å². The molecule has 2 amide bonds. The molecule has 1 saturated heterocycles. The predicted octanol–water partition coefficient (Wildman–Crippen LogP) is 4.80. The van der Waals surface area contributed by atoms with Gasteiger partial charge in [0.1, 0.15) is 13.1 Å². The number of rotatable bonds is 4. The Kier molecular flexibility index (Phi) is 6.10. The summed E-state index contributed by atoms with van der Waals surface area (Å²) >= 11 is 6.21. The Balaban J connectivity index is 1.49. The van der Waals surface area contributed by atoms with Crippen molar-refractivity contribution < 1.29 is 27.6 Å². The van der Waals surface area contributed by atoms with Gasteiger partial charge in [-0.3, -0.25) is 9.59 Å². The number of hydrogen-bond acceptors (Lipinski definition) is 4. The van der Waals surface area contributed by atoms with Crippen molar-refractivity contribution >= 4 is 29.1 Å². The van der Waals surface area contributed by atoms with Gasteiger partial charge in [-0.15, -0.1) is 0 Å². The van der Waals surface area contributed by atoms with Gasteiger partial charge in [-0.2, -0.15) is 13.2 Å². The van der Waals surface area contributed by atoms with Crippen molar-refractivity contribution in [2.45, 2.75) is 39.0 Å². The molecule has 180 valence electrons. The molecule has 1 fully saturated rings. The van der Waals surface area contributed by atoms with Gasteiger partial charge in [-0.1, -0.05) is 28.9 Å². The van der Waals surface area contributed by atoms with E-state index in [2.05, 4.69) is 5.16 Å². The molecular weight excluding hydrogens is 471 g/mol. The van der Waals surface area contributed by atoms with Gasteiger partial charge in [-0.25, -0.2) is 0 Å². The van der Waals surface area contributed by atoms with Crippen LogP contribution in [0.2, 0.25) is 5.02 Å². The van der Waals surface area contributed by atoms with Crippen molar-refractivity contribution in [3.05, 3.63) is 69.2 Å². The highest BCUT2D eigenvalue weighted by molar-refractivity contribution is 6.30. The van der Waals surface area contributed by atoms with Gasteiger partial charge in [0.15, 0.2) is 5.60 Å². The maximum Gasteiger partial charge on any atom is 0.406 e. The van der Waals surface area contributed by atoms with Crippen LogP contribution in [0.25, 0.3) is 0 Å². The molecule has 0 radical (unpaired) electrons. The summed E-state index contributed by atoms with van der Waals surface area (Å²) in [6.07, 6.45) is -4.03. The van der Waals surface area contributed by atoms with E-state index in [1.165, 1.54) is 0 Å². The van der Waals surface area contributed by atoms with E-state index in [0.29, 0.717) is 33.2 Å². The Hall–Kier alpha value is -3.07. The molecule has 2 aliphatic heterocycles. The Morgan fingerprint density at radius 2 is 1.94 bits per heavy atom. The van der Waals surface area contributed by atoms with Crippen LogP contribution in [0, 0.1) is 13.8 Å². The summed E-state index contributed by atoms with van der Waals surface area (Å²) in [4.78, 5) is 32.4. The lowest BCUT2D eigenvalue weighted by Crippen LogP contribution is -2.37. The third-order valence-electron chi connectivity index (χ3n) is 5.98. The second-order valence-electron chi connectivity index (χ2n) is 8.94. The highest BCUT2D eigenvalue weighted by Gasteiger charge is 2.40. The van der Waals surface area contributed by atoms with Crippen LogP contribution in [0.3, 0.4) is 0 Å². The van der Waals surface area contributed by atoms with Crippen LogP contribution < -0.4 is 0 Å². The van der Waals surface area contributed by atoms with Crippen molar-refractivity contribution in [1.29, 1.82) is 0 Å². The second-order valence-corrected chi connectivity index (χ2v) is 9.37. The largest absolute Gasteiger partial charge is 0.406 e. The standard InChI is InChI=1S/C24H23ClF3N3O3/c1-14-6-17(9-18(25)7-14)23(3)10-20(29-34-23)16-4-5-19(15(2)8-16)22(33)30-11-21(32)31(13-30)12-24(26,27)28/h4-9H,10-13H2,1-3H3. The normalized spacial score (nSPS) is 20.6. The SMILES string of the molecule is Cc1cc(Cl)cc(C2(C)CC(c3ccc(C(=O)N4CC(=O)N(CC(F)(F)F)C4)c(C)c3)=NO2)c1. The fourth-order valence-electron chi connectivity index (χ4n) is 4.23. The molecule has 10 heteroatoms. The summed E-state index contributed by atoms with van der Waals surface area (Å²) in [5, 5.41) is 4.87. The molecule has 0 aliphatic carbocycles. The monoisotopic (exact) mass is 493 g/mol. The topological polar surface area (TPSA) is 62.2 Å². The lowest BCUT2D eigenvalue weighted by molar-refractivity contribution is -0.157. The van der Waals surface area contributed by atoms with E-state index in [1.54, 1.807) is 25.1 Å². The first-order valence-electron chi connectivity index (χ1n) is 10.6. The Morgan fingerprint density at radius 3 is 2.59 bits per heavy atom. The highest BCUT2D eigenvalue weighted by Crippen LogP contribution is 2.37. The minimum atomic E-state index is -4.52. The van der Waals surface area contributed by atoms with E-state index in [-0.39, 0.29) is 6.54 Å². The van der Waals surface area contributed by atoms with E-state index in [1.807, 2.05) is 32.0 Å². The van der Waals surface area contributed by atoms with Crippen LogP contribution in [0.5, 0.6) is 0 Å². The lowest BCUT2D eigenvalue weighted by Gasteiger charge is -2.22. The van der Waals surface area contributed by atoms with Gasteiger partial charge in [0.25, 0.3) is 5.91 Å².